The highest BCUT2D eigenvalue weighted by Crippen LogP contribution is 2.22. The SMILES string of the molecule is C1CCC(NC2CCCCC2)CC1.CC(C)(C)OC(=O)NC(Cc1cn(C(=O)OC(C)(C)C)cn1)C(=O)O. The van der Waals surface area contributed by atoms with E-state index in [2.05, 4.69) is 15.6 Å². The second-order valence-corrected chi connectivity index (χ2v) is 12.3. The second-order valence-electron chi connectivity index (χ2n) is 12.3. The summed E-state index contributed by atoms with van der Waals surface area (Å²) in [7, 11) is 0. The number of hydrogen-bond donors (Lipinski definition) is 3. The molecule has 0 spiro atoms. The first kappa shape index (κ1) is 31.6. The van der Waals surface area contributed by atoms with Gasteiger partial charge in [0.1, 0.15) is 23.6 Å². The number of amides is 1. The number of nitrogens with one attached hydrogen (secondary N) is 2. The molecule has 3 N–H and O–H groups in total. The molecule has 216 valence electrons. The first-order valence-electron chi connectivity index (χ1n) is 14.0. The van der Waals surface area contributed by atoms with E-state index in [0.29, 0.717) is 5.69 Å². The van der Waals surface area contributed by atoms with Gasteiger partial charge in [-0.1, -0.05) is 38.5 Å². The first-order chi connectivity index (χ1) is 17.7. The Bertz CT molecular complexity index is 874. The van der Waals surface area contributed by atoms with E-state index in [4.69, 9.17) is 9.47 Å². The van der Waals surface area contributed by atoms with Crippen molar-refractivity contribution in [2.75, 3.05) is 0 Å². The topological polar surface area (TPSA) is 132 Å². The Hall–Kier alpha value is -2.62. The van der Waals surface area contributed by atoms with Gasteiger partial charge >= 0.3 is 18.2 Å². The lowest BCUT2D eigenvalue weighted by Crippen LogP contribution is -2.44. The molecule has 1 heterocycles. The average molecular weight is 537 g/mol. The lowest BCUT2D eigenvalue weighted by atomic mass is 9.91. The Balaban J connectivity index is 0.000000323. The van der Waals surface area contributed by atoms with Crippen molar-refractivity contribution in [2.45, 2.75) is 141 Å². The number of carbonyl (C=O) groups is 3. The van der Waals surface area contributed by atoms with Crippen molar-refractivity contribution in [2.24, 2.45) is 0 Å². The molecule has 1 unspecified atom stereocenters. The molecule has 0 aromatic carbocycles. The molecule has 2 aliphatic carbocycles. The van der Waals surface area contributed by atoms with Crippen molar-refractivity contribution in [1.29, 1.82) is 0 Å². The zero-order valence-corrected chi connectivity index (χ0v) is 24.0. The smallest absolute Gasteiger partial charge is 0.419 e. The van der Waals surface area contributed by atoms with Gasteiger partial charge in [-0.05, 0) is 67.2 Å². The maximum absolute atomic E-state index is 11.9. The standard InChI is InChI=1S/C16H25N3O6.C12H23N/c1-15(2,3)24-13(22)18-11(12(20)21)7-10-8-19(9-17-10)14(23)25-16(4,5)6;1-3-7-11(8-4-1)13-12-9-5-2-6-10-12/h8-9,11H,7H2,1-6H3,(H,18,22)(H,20,21);11-13H,1-10H2. The number of aliphatic carboxylic acids is 1. The maximum Gasteiger partial charge on any atom is 0.419 e. The number of alkyl carbamates (subject to hydrolysis) is 1. The summed E-state index contributed by atoms with van der Waals surface area (Å²) in [6.07, 6.45) is 15.6. The molecule has 10 nitrogen and oxygen atoms in total. The number of ether oxygens (including phenoxy) is 2. The predicted octanol–water partition coefficient (Wildman–Crippen LogP) is 5.43. The van der Waals surface area contributed by atoms with E-state index < -0.39 is 35.4 Å². The number of imidazole rings is 1. The van der Waals surface area contributed by atoms with Crippen LogP contribution in [0, 0.1) is 0 Å². The Labute approximate surface area is 227 Å². The fourth-order valence-electron chi connectivity index (χ4n) is 4.61. The molecule has 2 fully saturated rings. The highest BCUT2D eigenvalue weighted by Gasteiger charge is 2.26. The monoisotopic (exact) mass is 536 g/mol. The fourth-order valence-corrected chi connectivity index (χ4v) is 4.61. The summed E-state index contributed by atoms with van der Waals surface area (Å²) in [5, 5.41) is 15.4. The number of carboxylic acids is 1. The minimum absolute atomic E-state index is 0.107. The number of carbonyl (C=O) groups excluding carboxylic acids is 2. The molecule has 2 aliphatic rings. The van der Waals surface area contributed by atoms with Crippen LogP contribution in [0.2, 0.25) is 0 Å². The summed E-state index contributed by atoms with van der Waals surface area (Å²) >= 11 is 0. The normalized spacial score (nSPS) is 18.1. The predicted molar refractivity (Wildman–Crippen MR) is 145 cm³/mol. The number of rotatable bonds is 6. The fraction of sp³-hybridized carbons (Fsp3) is 0.786. The van der Waals surface area contributed by atoms with Gasteiger partial charge in [-0.15, -0.1) is 0 Å². The summed E-state index contributed by atoms with van der Waals surface area (Å²) in [4.78, 5) is 39.0. The second kappa shape index (κ2) is 14.5. The summed E-state index contributed by atoms with van der Waals surface area (Å²) in [6.45, 7) is 10.2. The highest BCUT2D eigenvalue weighted by molar-refractivity contribution is 5.80. The molecule has 38 heavy (non-hydrogen) atoms. The van der Waals surface area contributed by atoms with Gasteiger partial charge in [-0.25, -0.2) is 23.9 Å². The molecule has 1 amide bonds. The zero-order valence-electron chi connectivity index (χ0n) is 24.0. The summed E-state index contributed by atoms with van der Waals surface area (Å²) in [6, 6.07) is 0.505. The van der Waals surface area contributed by atoms with Crippen LogP contribution in [0.15, 0.2) is 12.5 Å². The molecule has 0 radical (unpaired) electrons. The first-order valence-corrected chi connectivity index (χ1v) is 14.0. The lowest BCUT2D eigenvalue weighted by molar-refractivity contribution is -0.139. The van der Waals surface area contributed by atoms with E-state index in [1.54, 1.807) is 41.5 Å². The molecule has 1 aromatic rings. The third kappa shape index (κ3) is 12.8. The van der Waals surface area contributed by atoms with E-state index >= 15 is 0 Å². The quantitative estimate of drug-likeness (QED) is 0.439. The van der Waals surface area contributed by atoms with Crippen LogP contribution in [0.4, 0.5) is 9.59 Å². The van der Waals surface area contributed by atoms with Crippen LogP contribution in [0.5, 0.6) is 0 Å². The van der Waals surface area contributed by atoms with Gasteiger partial charge in [0.15, 0.2) is 0 Å². The molecule has 2 saturated carbocycles. The Morgan fingerprint density at radius 1 is 0.921 bits per heavy atom. The zero-order chi connectivity index (χ0) is 28.3. The average Bonchev–Trinajstić information content (AvgIpc) is 3.27. The van der Waals surface area contributed by atoms with Crippen molar-refractivity contribution in [1.82, 2.24) is 20.2 Å². The van der Waals surface area contributed by atoms with Gasteiger partial charge in [0.05, 0.1) is 5.69 Å². The van der Waals surface area contributed by atoms with Crippen LogP contribution < -0.4 is 10.6 Å². The van der Waals surface area contributed by atoms with Gasteiger partial charge in [-0.2, -0.15) is 0 Å². The molecule has 0 aliphatic heterocycles. The highest BCUT2D eigenvalue weighted by atomic mass is 16.6. The van der Waals surface area contributed by atoms with Crippen molar-refractivity contribution in [3.63, 3.8) is 0 Å². The minimum Gasteiger partial charge on any atom is -0.480 e. The van der Waals surface area contributed by atoms with Gasteiger partial charge < -0.3 is 25.2 Å². The Morgan fingerprint density at radius 3 is 1.87 bits per heavy atom. The van der Waals surface area contributed by atoms with Crippen molar-refractivity contribution in [3.8, 4) is 0 Å². The van der Waals surface area contributed by atoms with Gasteiger partial charge in [-0.3, -0.25) is 0 Å². The van der Waals surface area contributed by atoms with Crippen LogP contribution >= 0.6 is 0 Å². The van der Waals surface area contributed by atoms with E-state index in [-0.39, 0.29) is 6.42 Å². The third-order valence-electron chi connectivity index (χ3n) is 6.32. The lowest BCUT2D eigenvalue weighted by Gasteiger charge is -2.30. The molecule has 1 aromatic heterocycles. The van der Waals surface area contributed by atoms with E-state index in [0.717, 1.165) is 16.7 Å². The molecule has 10 heteroatoms. The van der Waals surface area contributed by atoms with Crippen LogP contribution in [0.3, 0.4) is 0 Å². The summed E-state index contributed by atoms with van der Waals surface area (Å²) < 4.78 is 11.3. The molecule has 0 bridgehead atoms. The van der Waals surface area contributed by atoms with E-state index in [1.165, 1.54) is 76.7 Å². The summed E-state index contributed by atoms with van der Waals surface area (Å²) in [5.41, 5.74) is -1.09. The molecular formula is C28H48N4O6. The summed E-state index contributed by atoms with van der Waals surface area (Å²) in [5.74, 6) is -1.24. The van der Waals surface area contributed by atoms with Crippen molar-refractivity contribution >= 4 is 18.2 Å². The largest absolute Gasteiger partial charge is 0.480 e. The Kier molecular flexibility index (Phi) is 12.1. The van der Waals surface area contributed by atoms with Crippen LogP contribution in [0.1, 0.15) is 111 Å². The van der Waals surface area contributed by atoms with Crippen LogP contribution in [-0.2, 0) is 20.7 Å². The van der Waals surface area contributed by atoms with Gasteiger partial charge in [0.2, 0.25) is 0 Å². The van der Waals surface area contributed by atoms with E-state index in [1.807, 2.05) is 0 Å². The minimum atomic E-state index is -1.24. The van der Waals surface area contributed by atoms with Gasteiger partial charge in [0, 0.05) is 24.7 Å². The number of hydrogen-bond acceptors (Lipinski definition) is 7. The van der Waals surface area contributed by atoms with Crippen molar-refractivity contribution < 1.29 is 29.0 Å². The number of aromatic nitrogens is 2. The van der Waals surface area contributed by atoms with Crippen LogP contribution in [0.25, 0.3) is 0 Å². The van der Waals surface area contributed by atoms with Crippen LogP contribution in [-0.4, -0.2) is 62.1 Å². The molecule has 0 saturated heterocycles. The number of nitrogens with zero attached hydrogens (tertiary/aromatic N) is 2. The number of carboxylic acid groups (broad SMARTS) is 1. The Morgan fingerprint density at radius 2 is 1.42 bits per heavy atom. The maximum atomic E-state index is 11.9. The third-order valence-corrected chi connectivity index (χ3v) is 6.32. The van der Waals surface area contributed by atoms with Gasteiger partial charge in [0.25, 0.3) is 0 Å². The molecule has 3 rings (SSSR count). The molecular weight excluding hydrogens is 488 g/mol. The molecule has 1 atom stereocenters. The van der Waals surface area contributed by atoms with E-state index in [9.17, 15) is 19.5 Å². The van der Waals surface area contributed by atoms with Crippen molar-refractivity contribution in [3.05, 3.63) is 18.2 Å².